The fourth-order valence-corrected chi connectivity index (χ4v) is 5.34. The largest absolute Gasteiger partial charge is 0.394 e. The second-order valence-electron chi connectivity index (χ2n) is 12.6. The highest BCUT2D eigenvalue weighted by Gasteiger charge is 2.17. The van der Waals surface area contributed by atoms with Crippen molar-refractivity contribution in [1.82, 2.24) is 5.32 Å². The molecule has 256 valence electrons. The molecule has 0 aliphatic carbocycles. The maximum Gasteiger partial charge on any atom is 0.220 e. The van der Waals surface area contributed by atoms with Gasteiger partial charge in [0.25, 0.3) is 0 Å². The molecule has 2 atom stereocenters. The first-order valence-corrected chi connectivity index (χ1v) is 18.9. The van der Waals surface area contributed by atoms with Crippen LogP contribution >= 0.6 is 0 Å². The number of carbonyl (C=O) groups is 1. The van der Waals surface area contributed by atoms with E-state index in [4.69, 9.17) is 0 Å². The van der Waals surface area contributed by atoms with Crippen LogP contribution in [0.15, 0.2) is 48.6 Å². The Bertz CT molecular complexity index is 711. The second kappa shape index (κ2) is 35.8. The van der Waals surface area contributed by atoms with Gasteiger partial charge in [0.05, 0.1) is 18.8 Å². The van der Waals surface area contributed by atoms with Gasteiger partial charge in [0, 0.05) is 6.42 Å². The average molecular weight is 616 g/mol. The Labute approximate surface area is 274 Å². The van der Waals surface area contributed by atoms with Crippen LogP contribution in [0.5, 0.6) is 0 Å². The van der Waals surface area contributed by atoms with E-state index < -0.39 is 12.1 Å². The summed E-state index contributed by atoms with van der Waals surface area (Å²) in [6, 6.07) is -0.645. The van der Waals surface area contributed by atoms with E-state index in [-0.39, 0.29) is 12.5 Å². The van der Waals surface area contributed by atoms with Gasteiger partial charge < -0.3 is 15.5 Å². The Balaban J connectivity index is 3.71. The number of amides is 1. The molecular formula is C40H73NO3. The van der Waals surface area contributed by atoms with Crippen LogP contribution in [0.1, 0.15) is 181 Å². The highest BCUT2D eigenvalue weighted by Crippen LogP contribution is 2.12. The van der Waals surface area contributed by atoms with Gasteiger partial charge in [-0.05, 0) is 64.2 Å². The minimum Gasteiger partial charge on any atom is -0.394 e. The molecule has 1 amide bonds. The molecule has 0 aliphatic heterocycles. The molecule has 4 heteroatoms. The van der Waals surface area contributed by atoms with Crippen molar-refractivity contribution >= 4 is 5.91 Å². The molecule has 0 aromatic carbocycles. The summed E-state index contributed by atoms with van der Waals surface area (Å²) in [5, 5.41) is 22.9. The molecule has 0 aliphatic rings. The molecule has 0 fully saturated rings. The van der Waals surface area contributed by atoms with Crippen molar-refractivity contribution in [1.29, 1.82) is 0 Å². The third-order valence-electron chi connectivity index (χ3n) is 8.28. The first-order chi connectivity index (χ1) is 21.7. The monoisotopic (exact) mass is 616 g/mol. The quantitative estimate of drug-likeness (QED) is 0.0508. The zero-order chi connectivity index (χ0) is 32.2. The third-order valence-corrected chi connectivity index (χ3v) is 8.28. The predicted molar refractivity (Wildman–Crippen MR) is 193 cm³/mol. The van der Waals surface area contributed by atoms with Gasteiger partial charge in [-0.3, -0.25) is 4.79 Å². The van der Waals surface area contributed by atoms with Crippen LogP contribution in [0.4, 0.5) is 0 Å². The van der Waals surface area contributed by atoms with Gasteiger partial charge in [-0.15, -0.1) is 0 Å². The van der Waals surface area contributed by atoms with Gasteiger partial charge in [-0.1, -0.05) is 159 Å². The van der Waals surface area contributed by atoms with Gasteiger partial charge in [-0.2, -0.15) is 0 Å². The fraction of sp³-hybridized carbons (Fsp3) is 0.775. The van der Waals surface area contributed by atoms with Gasteiger partial charge >= 0.3 is 0 Å². The lowest BCUT2D eigenvalue weighted by atomic mass is 10.1. The Morgan fingerprint density at radius 1 is 0.545 bits per heavy atom. The summed E-state index contributed by atoms with van der Waals surface area (Å²) in [6.07, 6.45) is 47.6. The minimum atomic E-state index is -0.867. The third kappa shape index (κ3) is 31.8. The molecule has 0 saturated carbocycles. The molecule has 0 aromatic rings. The molecule has 3 N–H and O–H groups in total. The first kappa shape index (κ1) is 42.3. The van der Waals surface area contributed by atoms with E-state index in [1.54, 1.807) is 6.08 Å². The molecule has 0 saturated heterocycles. The van der Waals surface area contributed by atoms with E-state index >= 15 is 0 Å². The average Bonchev–Trinajstić information content (AvgIpc) is 3.03. The van der Waals surface area contributed by atoms with Crippen LogP contribution in [-0.4, -0.2) is 34.9 Å². The van der Waals surface area contributed by atoms with Crippen molar-refractivity contribution in [3.8, 4) is 0 Å². The maximum atomic E-state index is 12.3. The lowest BCUT2D eigenvalue weighted by Gasteiger charge is -2.19. The highest BCUT2D eigenvalue weighted by molar-refractivity contribution is 5.76. The number of hydrogen-bond acceptors (Lipinski definition) is 3. The van der Waals surface area contributed by atoms with E-state index in [1.165, 1.54) is 109 Å². The zero-order valence-corrected chi connectivity index (χ0v) is 29.2. The van der Waals surface area contributed by atoms with Crippen molar-refractivity contribution < 1.29 is 15.0 Å². The van der Waals surface area contributed by atoms with Crippen molar-refractivity contribution in [2.45, 2.75) is 193 Å². The molecule has 2 unspecified atom stereocenters. The number of aliphatic hydroxyl groups excluding tert-OH is 2. The molecule has 0 aromatic heterocycles. The van der Waals surface area contributed by atoms with Crippen molar-refractivity contribution in [3.05, 3.63) is 48.6 Å². The van der Waals surface area contributed by atoms with E-state index in [1.807, 2.05) is 6.08 Å². The summed E-state index contributed by atoms with van der Waals surface area (Å²) in [6.45, 7) is 4.26. The normalized spacial score (nSPS) is 13.6. The van der Waals surface area contributed by atoms with Crippen LogP contribution in [0.3, 0.4) is 0 Å². The second-order valence-corrected chi connectivity index (χ2v) is 12.6. The highest BCUT2D eigenvalue weighted by atomic mass is 16.3. The van der Waals surface area contributed by atoms with Gasteiger partial charge in [0.15, 0.2) is 0 Å². The van der Waals surface area contributed by atoms with Gasteiger partial charge in [0.2, 0.25) is 5.91 Å². The SMILES string of the molecule is CCCCCC/C=C\C/C=C\CCCCCCCC(=O)NC(CO)C(O)/C=C/CC/C=C/CCCCCCCCCCCC. The summed E-state index contributed by atoms with van der Waals surface area (Å²) in [7, 11) is 0. The topological polar surface area (TPSA) is 69.6 Å². The summed E-state index contributed by atoms with van der Waals surface area (Å²) in [5.41, 5.74) is 0. The van der Waals surface area contributed by atoms with E-state index in [9.17, 15) is 15.0 Å². The summed E-state index contributed by atoms with van der Waals surface area (Å²) < 4.78 is 0. The van der Waals surface area contributed by atoms with E-state index in [0.29, 0.717) is 6.42 Å². The maximum absolute atomic E-state index is 12.3. The molecule has 44 heavy (non-hydrogen) atoms. The number of hydrogen-bond donors (Lipinski definition) is 3. The number of unbranched alkanes of at least 4 members (excludes halogenated alkanes) is 20. The first-order valence-electron chi connectivity index (χ1n) is 18.9. The Morgan fingerprint density at radius 2 is 0.955 bits per heavy atom. The molecular weight excluding hydrogens is 542 g/mol. The molecule has 0 rings (SSSR count). The summed E-state index contributed by atoms with van der Waals surface area (Å²) >= 11 is 0. The summed E-state index contributed by atoms with van der Waals surface area (Å²) in [5.74, 6) is -0.0900. The molecule has 0 spiro atoms. The fourth-order valence-electron chi connectivity index (χ4n) is 5.34. The minimum absolute atomic E-state index is 0.0900. The Hall–Kier alpha value is -1.65. The van der Waals surface area contributed by atoms with Crippen molar-refractivity contribution in [2.24, 2.45) is 0 Å². The van der Waals surface area contributed by atoms with Crippen molar-refractivity contribution in [2.75, 3.05) is 6.61 Å². The number of rotatable bonds is 33. The van der Waals surface area contributed by atoms with E-state index in [2.05, 4.69) is 55.6 Å². The van der Waals surface area contributed by atoms with Gasteiger partial charge in [0.1, 0.15) is 0 Å². The smallest absolute Gasteiger partial charge is 0.220 e. The standard InChI is InChI=1S/C40H73NO3/c1-3-5-7-9-11-13-15-17-19-21-23-25-27-29-31-33-35-39(43)38(37-42)41-40(44)36-34-32-30-28-26-24-22-20-18-16-14-12-10-8-6-4-2/h14,16,20,22,25,27,33,35,38-39,42-43H,3-13,15,17-19,21,23-24,26,28-32,34,36-37H2,1-2H3,(H,41,44)/b16-14-,22-20-,27-25+,35-33+. The Morgan fingerprint density at radius 3 is 1.48 bits per heavy atom. The molecule has 0 radical (unpaired) electrons. The molecule has 0 heterocycles. The lowest BCUT2D eigenvalue weighted by molar-refractivity contribution is -0.123. The van der Waals surface area contributed by atoms with E-state index in [0.717, 1.165) is 51.4 Å². The number of carbonyl (C=O) groups excluding carboxylic acids is 1. The van der Waals surface area contributed by atoms with Crippen LogP contribution in [-0.2, 0) is 4.79 Å². The Kier molecular flexibility index (Phi) is 34.5. The molecule has 0 bridgehead atoms. The summed E-state index contributed by atoms with van der Waals surface area (Å²) in [4.78, 5) is 12.3. The van der Waals surface area contributed by atoms with Gasteiger partial charge in [-0.25, -0.2) is 0 Å². The predicted octanol–water partition coefficient (Wildman–Crippen LogP) is 11.2. The van der Waals surface area contributed by atoms with Crippen LogP contribution in [0, 0.1) is 0 Å². The molecule has 4 nitrogen and oxygen atoms in total. The van der Waals surface area contributed by atoms with Crippen LogP contribution in [0.2, 0.25) is 0 Å². The van der Waals surface area contributed by atoms with Crippen LogP contribution < -0.4 is 5.32 Å². The van der Waals surface area contributed by atoms with Crippen LogP contribution in [0.25, 0.3) is 0 Å². The number of nitrogens with one attached hydrogen (secondary N) is 1. The number of allylic oxidation sites excluding steroid dienone is 7. The number of aliphatic hydroxyl groups is 2. The lowest BCUT2D eigenvalue weighted by Crippen LogP contribution is -2.45. The van der Waals surface area contributed by atoms with Crippen molar-refractivity contribution in [3.63, 3.8) is 0 Å². The zero-order valence-electron chi connectivity index (χ0n) is 29.2.